The third-order valence-corrected chi connectivity index (χ3v) is 3.47. The van der Waals surface area contributed by atoms with E-state index >= 15 is 0 Å². The normalized spacial score (nSPS) is 15.5. The topological polar surface area (TPSA) is 12.9 Å². The number of allylic oxidation sites excluding steroid dienone is 1. The van der Waals surface area contributed by atoms with Gasteiger partial charge >= 0.3 is 0 Å². The van der Waals surface area contributed by atoms with Crippen LogP contribution in [0.15, 0.2) is 24.0 Å². The number of hydrogen-bond donors (Lipinski definition) is 0. The Bertz CT molecular complexity index is 328. The zero-order valence-electron chi connectivity index (χ0n) is 6.26. The van der Waals surface area contributed by atoms with Crippen molar-refractivity contribution in [2.45, 2.75) is 13.3 Å². The maximum atomic E-state index is 4.10. The first kappa shape index (κ1) is 7.28. The van der Waals surface area contributed by atoms with Crippen molar-refractivity contribution in [3.8, 4) is 0 Å². The third-order valence-electron chi connectivity index (χ3n) is 1.97. The zero-order chi connectivity index (χ0) is 7.84. The molecule has 0 amide bonds. The second kappa shape index (κ2) is 2.59. The molecule has 56 valence electrons. The molecule has 1 aliphatic rings. The summed E-state index contributed by atoms with van der Waals surface area (Å²) in [5, 5.41) is 0. The van der Waals surface area contributed by atoms with Crippen LogP contribution in [0.5, 0.6) is 0 Å². The summed E-state index contributed by atoms with van der Waals surface area (Å²) in [6.07, 6.45) is 4.90. The molecule has 1 aromatic heterocycles. The number of halogens is 1. The Kier molecular flexibility index (Phi) is 1.71. The molecule has 2 heteroatoms. The van der Waals surface area contributed by atoms with Crippen molar-refractivity contribution in [3.05, 3.63) is 35.2 Å². The molecule has 0 radical (unpaired) electrons. The van der Waals surface area contributed by atoms with Crippen LogP contribution in [0.3, 0.4) is 0 Å². The van der Waals surface area contributed by atoms with Crippen molar-refractivity contribution >= 4 is 26.2 Å². The summed E-state index contributed by atoms with van der Waals surface area (Å²) in [6, 6.07) is 2.09. The molecular formula is C9H8IN. The van der Waals surface area contributed by atoms with Gasteiger partial charge in [-0.3, -0.25) is 4.98 Å². The maximum Gasteiger partial charge on any atom is 0.0309 e. The highest BCUT2D eigenvalue weighted by atomic mass is 127. The first-order chi connectivity index (χ1) is 5.29. The van der Waals surface area contributed by atoms with E-state index in [2.05, 4.69) is 40.6 Å². The summed E-state index contributed by atoms with van der Waals surface area (Å²) in [5.74, 6) is 0. The van der Waals surface area contributed by atoms with Gasteiger partial charge in [0.25, 0.3) is 0 Å². The highest BCUT2D eigenvalue weighted by Crippen LogP contribution is 2.35. The van der Waals surface area contributed by atoms with Crippen molar-refractivity contribution in [2.24, 2.45) is 0 Å². The van der Waals surface area contributed by atoms with Crippen LogP contribution in [0.1, 0.15) is 18.1 Å². The highest BCUT2D eigenvalue weighted by molar-refractivity contribution is 14.1. The number of pyridine rings is 1. The van der Waals surface area contributed by atoms with E-state index in [-0.39, 0.29) is 0 Å². The summed E-state index contributed by atoms with van der Waals surface area (Å²) >= 11 is 2.40. The van der Waals surface area contributed by atoms with Crippen molar-refractivity contribution in [1.82, 2.24) is 4.98 Å². The fourth-order valence-electron chi connectivity index (χ4n) is 1.38. The molecule has 1 aromatic rings. The van der Waals surface area contributed by atoms with E-state index in [0.29, 0.717) is 0 Å². The smallest absolute Gasteiger partial charge is 0.0309 e. The van der Waals surface area contributed by atoms with Gasteiger partial charge < -0.3 is 0 Å². The van der Waals surface area contributed by atoms with Gasteiger partial charge in [-0.2, -0.15) is 0 Å². The van der Waals surface area contributed by atoms with E-state index in [0.717, 1.165) is 6.42 Å². The predicted octanol–water partition coefficient (Wildman–Crippen LogP) is 2.80. The number of rotatable bonds is 0. The molecule has 0 saturated heterocycles. The van der Waals surface area contributed by atoms with Crippen LogP contribution in [0.4, 0.5) is 0 Å². The average molecular weight is 257 g/mol. The lowest BCUT2D eigenvalue weighted by molar-refractivity contribution is 1.15. The van der Waals surface area contributed by atoms with Crippen molar-refractivity contribution in [3.63, 3.8) is 0 Å². The molecule has 1 nitrogen and oxygen atoms in total. The molecule has 0 bridgehead atoms. The molecular weight excluding hydrogens is 249 g/mol. The second-order valence-electron chi connectivity index (χ2n) is 2.80. The highest BCUT2D eigenvalue weighted by Gasteiger charge is 2.15. The molecule has 0 N–H and O–H groups in total. The SMILES string of the molecule is CC1=C(I)c2ccncc2C1. The van der Waals surface area contributed by atoms with Crippen LogP contribution >= 0.6 is 22.6 Å². The number of hydrogen-bond acceptors (Lipinski definition) is 1. The predicted molar refractivity (Wildman–Crippen MR) is 54.6 cm³/mol. The minimum atomic E-state index is 1.08. The summed E-state index contributed by atoms with van der Waals surface area (Å²) in [7, 11) is 0. The van der Waals surface area contributed by atoms with Gasteiger partial charge in [0.2, 0.25) is 0 Å². The van der Waals surface area contributed by atoms with Gasteiger partial charge in [-0.15, -0.1) is 0 Å². The molecule has 0 aromatic carbocycles. The molecule has 11 heavy (non-hydrogen) atoms. The number of nitrogens with zero attached hydrogens (tertiary/aromatic N) is 1. The van der Waals surface area contributed by atoms with Gasteiger partial charge in [0, 0.05) is 16.0 Å². The Hall–Kier alpha value is -0.380. The van der Waals surface area contributed by atoms with Crippen molar-refractivity contribution in [1.29, 1.82) is 0 Å². The molecule has 0 aliphatic heterocycles. The molecule has 1 aliphatic carbocycles. The lowest BCUT2D eigenvalue weighted by atomic mass is 10.2. The standard InChI is InChI=1S/C9H8IN/c1-6-4-7-5-11-3-2-8(7)9(6)10/h2-3,5H,4H2,1H3. The Morgan fingerprint density at radius 1 is 1.55 bits per heavy atom. The molecule has 2 rings (SSSR count). The first-order valence-electron chi connectivity index (χ1n) is 3.57. The molecule has 0 unspecified atom stereocenters. The lowest BCUT2D eigenvalue weighted by Crippen LogP contribution is -1.82. The van der Waals surface area contributed by atoms with Crippen LogP contribution < -0.4 is 0 Å². The Morgan fingerprint density at radius 3 is 3.09 bits per heavy atom. The van der Waals surface area contributed by atoms with E-state index in [9.17, 15) is 0 Å². The van der Waals surface area contributed by atoms with E-state index in [1.54, 1.807) is 0 Å². The van der Waals surface area contributed by atoms with Gasteiger partial charge in [0.15, 0.2) is 0 Å². The van der Waals surface area contributed by atoms with E-state index in [1.807, 2.05) is 12.4 Å². The minimum absolute atomic E-state index is 1.08. The van der Waals surface area contributed by atoms with Crippen LogP contribution in [0, 0.1) is 0 Å². The Balaban J connectivity index is 2.60. The summed E-state index contributed by atoms with van der Waals surface area (Å²) in [5.41, 5.74) is 4.21. The van der Waals surface area contributed by atoms with Gasteiger partial charge in [-0.25, -0.2) is 0 Å². The Morgan fingerprint density at radius 2 is 2.36 bits per heavy atom. The summed E-state index contributed by atoms with van der Waals surface area (Å²) < 4.78 is 1.40. The second-order valence-corrected chi connectivity index (χ2v) is 3.88. The molecule has 1 heterocycles. The van der Waals surface area contributed by atoms with Crippen molar-refractivity contribution < 1.29 is 0 Å². The third kappa shape index (κ3) is 1.09. The van der Waals surface area contributed by atoms with Gasteiger partial charge in [-0.05, 0) is 53.1 Å². The molecule has 0 saturated carbocycles. The van der Waals surface area contributed by atoms with Crippen LogP contribution in [0.2, 0.25) is 0 Å². The number of aromatic nitrogens is 1. The van der Waals surface area contributed by atoms with E-state index in [4.69, 9.17) is 0 Å². The van der Waals surface area contributed by atoms with E-state index in [1.165, 1.54) is 20.3 Å². The summed E-state index contributed by atoms with van der Waals surface area (Å²) in [4.78, 5) is 4.10. The average Bonchev–Trinajstić information content (AvgIpc) is 2.30. The van der Waals surface area contributed by atoms with Crippen LogP contribution in [-0.4, -0.2) is 4.98 Å². The van der Waals surface area contributed by atoms with Gasteiger partial charge in [-0.1, -0.05) is 5.57 Å². The van der Waals surface area contributed by atoms with Crippen molar-refractivity contribution in [2.75, 3.05) is 0 Å². The van der Waals surface area contributed by atoms with E-state index < -0.39 is 0 Å². The van der Waals surface area contributed by atoms with Crippen LogP contribution in [-0.2, 0) is 6.42 Å². The number of fused-ring (bicyclic) bond motifs is 1. The van der Waals surface area contributed by atoms with Gasteiger partial charge in [0.1, 0.15) is 0 Å². The zero-order valence-corrected chi connectivity index (χ0v) is 8.42. The minimum Gasteiger partial charge on any atom is -0.264 e. The summed E-state index contributed by atoms with van der Waals surface area (Å²) in [6.45, 7) is 2.18. The quantitative estimate of drug-likeness (QED) is 0.651. The molecule has 0 atom stereocenters. The molecule has 0 spiro atoms. The molecule has 0 fully saturated rings. The largest absolute Gasteiger partial charge is 0.264 e. The lowest BCUT2D eigenvalue weighted by Gasteiger charge is -1.95. The van der Waals surface area contributed by atoms with Gasteiger partial charge in [0.05, 0.1) is 0 Å². The van der Waals surface area contributed by atoms with Crippen LogP contribution in [0.25, 0.3) is 3.58 Å². The first-order valence-corrected chi connectivity index (χ1v) is 4.65. The Labute approximate surface area is 79.7 Å². The fraction of sp³-hybridized carbons (Fsp3) is 0.222. The maximum absolute atomic E-state index is 4.10. The monoisotopic (exact) mass is 257 g/mol. The fourth-order valence-corrected chi connectivity index (χ4v) is 2.09.